The van der Waals surface area contributed by atoms with Crippen molar-refractivity contribution in [1.29, 1.82) is 0 Å². The molecule has 1 N–H and O–H groups in total. The summed E-state index contributed by atoms with van der Waals surface area (Å²) in [5.41, 5.74) is 1.11. The first-order chi connectivity index (χ1) is 6.34. The zero-order valence-corrected chi connectivity index (χ0v) is 8.16. The van der Waals surface area contributed by atoms with Gasteiger partial charge in [-0.1, -0.05) is 0 Å². The van der Waals surface area contributed by atoms with Gasteiger partial charge in [-0.15, -0.1) is 0 Å². The van der Waals surface area contributed by atoms with Gasteiger partial charge in [0.05, 0.1) is 12.0 Å². The van der Waals surface area contributed by atoms with Crippen molar-refractivity contribution < 1.29 is 0 Å². The van der Waals surface area contributed by atoms with Gasteiger partial charge in [0.25, 0.3) is 0 Å². The molecule has 0 radical (unpaired) electrons. The van der Waals surface area contributed by atoms with Crippen molar-refractivity contribution in [1.82, 2.24) is 14.9 Å². The minimum Gasteiger partial charge on any atom is -0.337 e. The molecule has 3 heteroatoms. The van der Waals surface area contributed by atoms with E-state index in [1.54, 1.807) is 0 Å². The molecule has 72 valence electrons. The lowest BCUT2D eigenvalue weighted by molar-refractivity contribution is 0.505. The van der Waals surface area contributed by atoms with Crippen LogP contribution in [0.1, 0.15) is 25.0 Å². The van der Waals surface area contributed by atoms with Crippen molar-refractivity contribution >= 4 is 0 Å². The molecule has 1 aromatic heterocycles. The van der Waals surface area contributed by atoms with Crippen molar-refractivity contribution in [3.05, 3.63) is 18.2 Å². The minimum absolute atomic E-state index is 0.739. The summed E-state index contributed by atoms with van der Waals surface area (Å²) in [6, 6.07) is 0.739. The Balaban J connectivity index is 1.78. The molecular weight excluding hydrogens is 162 g/mol. The lowest BCUT2D eigenvalue weighted by Crippen LogP contribution is -2.22. The van der Waals surface area contributed by atoms with Gasteiger partial charge < -0.3 is 9.88 Å². The van der Waals surface area contributed by atoms with E-state index in [1.807, 2.05) is 13.3 Å². The molecule has 1 fully saturated rings. The van der Waals surface area contributed by atoms with Crippen LogP contribution in [0.4, 0.5) is 0 Å². The second kappa shape index (κ2) is 3.92. The predicted octanol–water partition coefficient (Wildman–Crippen LogP) is 1.33. The van der Waals surface area contributed by atoms with Crippen molar-refractivity contribution in [3.8, 4) is 0 Å². The van der Waals surface area contributed by atoms with E-state index in [9.17, 15) is 0 Å². The molecule has 0 amide bonds. The topological polar surface area (TPSA) is 29.9 Å². The highest BCUT2D eigenvalue weighted by molar-refractivity contribution is 4.92. The van der Waals surface area contributed by atoms with Crippen molar-refractivity contribution in [2.45, 2.75) is 38.8 Å². The number of imidazole rings is 1. The molecule has 0 aliphatic carbocycles. The van der Waals surface area contributed by atoms with Crippen LogP contribution < -0.4 is 5.32 Å². The van der Waals surface area contributed by atoms with Crippen molar-refractivity contribution in [2.75, 3.05) is 6.54 Å². The highest BCUT2D eigenvalue weighted by atomic mass is 15.0. The molecule has 1 unspecified atom stereocenters. The normalized spacial score (nSPS) is 22.4. The number of nitrogens with one attached hydrogen (secondary N) is 1. The molecule has 1 saturated heterocycles. The molecule has 0 aromatic carbocycles. The SMILES string of the molecule is Cc1cn(CCC2CCCN2)cn1. The molecule has 0 bridgehead atoms. The van der Waals surface area contributed by atoms with Crippen LogP contribution in [-0.2, 0) is 6.54 Å². The molecule has 1 aliphatic heterocycles. The van der Waals surface area contributed by atoms with E-state index in [4.69, 9.17) is 0 Å². The number of aryl methyl sites for hydroxylation is 2. The van der Waals surface area contributed by atoms with E-state index in [1.165, 1.54) is 25.8 Å². The van der Waals surface area contributed by atoms with Gasteiger partial charge in [0.2, 0.25) is 0 Å². The first-order valence-corrected chi connectivity index (χ1v) is 5.06. The summed E-state index contributed by atoms with van der Waals surface area (Å²) < 4.78 is 2.18. The lowest BCUT2D eigenvalue weighted by Gasteiger charge is -2.09. The minimum atomic E-state index is 0.739. The van der Waals surface area contributed by atoms with Crippen LogP contribution in [0.2, 0.25) is 0 Å². The van der Waals surface area contributed by atoms with Crippen molar-refractivity contribution in [2.24, 2.45) is 0 Å². The van der Waals surface area contributed by atoms with Gasteiger partial charge in [0, 0.05) is 18.8 Å². The number of nitrogens with zero attached hydrogens (tertiary/aromatic N) is 2. The highest BCUT2D eigenvalue weighted by Crippen LogP contribution is 2.09. The monoisotopic (exact) mass is 179 g/mol. The quantitative estimate of drug-likeness (QED) is 0.758. The maximum atomic E-state index is 4.20. The maximum Gasteiger partial charge on any atom is 0.0949 e. The molecule has 1 atom stereocenters. The first-order valence-electron chi connectivity index (χ1n) is 5.06. The van der Waals surface area contributed by atoms with Gasteiger partial charge in [-0.05, 0) is 32.7 Å². The third-order valence-electron chi connectivity index (χ3n) is 2.66. The zero-order valence-electron chi connectivity index (χ0n) is 8.16. The Kier molecular flexibility index (Phi) is 2.64. The summed E-state index contributed by atoms with van der Waals surface area (Å²) in [5, 5.41) is 3.50. The largest absolute Gasteiger partial charge is 0.337 e. The Bertz CT molecular complexity index is 261. The molecule has 3 nitrogen and oxygen atoms in total. The van der Waals surface area contributed by atoms with Gasteiger partial charge in [0.15, 0.2) is 0 Å². The Morgan fingerprint density at radius 1 is 1.69 bits per heavy atom. The van der Waals surface area contributed by atoms with Gasteiger partial charge in [0.1, 0.15) is 0 Å². The number of aromatic nitrogens is 2. The van der Waals surface area contributed by atoms with E-state index in [0.717, 1.165) is 18.3 Å². The van der Waals surface area contributed by atoms with Gasteiger partial charge in [-0.2, -0.15) is 0 Å². The molecule has 1 aromatic rings. The third kappa shape index (κ3) is 2.31. The molecule has 0 spiro atoms. The molecular formula is C10H17N3. The van der Waals surface area contributed by atoms with Crippen LogP contribution >= 0.6 is 0 Å². The summed E-state index contributed by atoms with van der Waals surface area (Å²) in [7, 11) is 0. The molecule has 2 heterocycles. The van der Waals surface area contributed by atoms with E-state index < -0.39 is 0 Å². The van der Waals surface area contributed by atoms with Gasteiger partial charge >= 0.3 is 0 Å². The highest BCUT2D eigenvalue weighted by Gasteiger charge is 2.13. The van der Waals surface area contributed by atoms with E-state index in [0.29, 0.717) is 0 Å². The van der Waals surface area contributed by atoms with E-state index in [-0.39, 0.29) is 0 Å². The Morgan fingerprint density at radius 3 is 3.23 bits per heavy atom. The van der Waals surface area contributed by atoms with Crippen LogP contribution in [0, 0.1) is 6.92 Å². The van der Waals surface area contributed by atoms with Crippen LogP contribution in [0.3, 0.4) is 0 Å². The molecule has 13 heavy (non-hydrogen) atoms. The Hall–Kier alpha value is -0.830. The maximum absolute atomic E-state index is 4.20. The fourth-order valence-corrected chi connectivity index (χ4v) is 1.90. The van der Waals surface area contributed by atoms with Crippen molar-refractivity contribution in [3.63, 3.8) is 0 Å². The van der Waals surface area contributed by atoms with E-state index in [2.05, 4.69) is 21.1 Å². The summed E-state index contributed by atoms with van der Waals surface area (Å²) in [6.07, 6.45) is 7.94. The second-order valence-corrected chi connectivity index (χ2v) is 3.83. The predicted molar refractivity (Wildman–Crippen MR) is 52.6 cm³/mol. The van der Waals surface area contributed by atoms with Crippen LogP contribution in [-0.4, -0.2) is 22.1 Å². The Morgan fingerprint density at radius 2 is 2.62 bits per heavy atom. The summed E-state index contributed by atoms with van der Waals surface area (Å²) in [4.78, 5) is 4.20. The van der Waals surface area contributed by atoms with Gasteiger partial charge in [-0.25, -0.2) is 4.98 Å². The number of hydrogen-bond acceptors (Lipinski definition) is 2. The van der Waals surface area contributed by atoms with E-state index >= 15 is 0 Å². The molecule has 2 rings (SSSR count). The van der Waals surface area contributed by atoms with Crippen LogP contribution in [0.15, 0.2) is 12.5 Å². The summed E-state index contributed by atoms with van der Waals surface area (Å²) in [5.74, 6) is 0. The first kappa shape index (κ1) is 8.75. The zero-order chi connectivity index (χ0) is 9.10. The number of rotatable bonds is 3. The smallest absolute Gasteiger partial charge is 0.0949 e. The van der Waals surface area contributed by atoms with Crippen LogP contribution in [0.25, 0.3) is 0 Å². The summed E-state index contributed by atoms with van der Waals surface area (Å²) >= 11 is 0. The summed E-state index contributed by atoms with van der Waals surface area (Å²) in [6.45, 7) is 4.33. The average Bonchev–Trinajstić information content (AvgIpc) is 2.71. The fraction of sp³-hybridized carbons (Fsp3) is 0.700. The molecule has 1 aliphatic rings. The molecule has 0 saturated carbocycles. The van der Waals surface area contributed by atoms with Crippen LogP contribution in [0.5, 0.6) is 0 Å². The number of hydrogen-bond donors (Lipinski definition) is 1. The lowest BCUT2D eigenvalue weighted by atomic mass is 10.1. The van der Waals surface area contributed by atoms with Gasteiger partial charge in [-0.3, -0.25) is 0 Å². The average molecular weight is 179 g/mol. The standard InChI is InChI=1S/C10H17N3/c1-9-7-13(8-12-9)6-4-10-3-2-5-11-10/h7-8,10-11H,2-6H2,1H3. The second-order valence-electron chi connectivity index (χ2n) is 3.83. The fourth-order valence-electron chi connectivity index (χ4n) is 1.90. The third-order valence-corrected chi connectivity index (χ3v) is 2.66. The Labute approximate surface area is 79.2 Å².